The third-order valence-corrected chi connectivity index (χ3v) is 4.25. The number of hydrogen-bond acceptors (Lipinski definition) is 3. The maximum atomic E-state index is 11.2. The molecule has 0 spiro atoms. The van der Waals surface area contributed by atoms with E-state index in [-0.39, 0.29) is 5.75 Å². The summed E-state index contributed by atoms with van der Waals surface area (Å²) in [6, 6.07) is 17.4. The van der Waals surface area contributed by atoms with Crippen LogP contribution in [0.1, 0.15) is 0 Å². The monoisotopic (exact) mass is 316 g/mol. The van der Waals surface area contributed by atoms with Crippen LogP contribution in [0.15, 0.2) is 54.6 Å². The minimum absolute atomic E-state index is 0.246. The molecule has 3 nitrogen and oxygen atoms in total. The van der Waals surface area contributed by atoms with E-state index in [1.807, 2.05) is 42.5 Å². The predicted octanol–water partition coefficient (Wildman–Crippen LogP) is 4.45. The van der Waals surface area contributed by atoms with Gasteiger partial charge in [-0.3, -0.25) is 0 Å². The highest BCUT2D eigenvalue weighted by molar-refractivity contribution is 8.10. The molecule has 0 aromatic heterocycles. The Morgan fingerprint density at radius 1 is 0.762 bits per heavy atom. The maximum Gasteiger partial charge on any atom is 0.401 e. The van der Waals surface area contributed by atoms with Crippen LogP contribution < -0.4 is 4.18 Å². The summed E-state index contributed by atoms with van der Waals surface area (Å²) in [5, 5.41) is 6.08. The average Bonchev–Trinajstić information content (AvgIpc) is 2.45. The first-order valence-electron chi connectivity index (χ1n) is 6.33. The molecular formula is C16H9ClO3S. The van der Waals surface area contributed by atoms with Crippen molar-refractivity contribution in [3.8, 4) is 5.75 Å². The van der Waals surface area contributed by atoms with Crippen LogP contribution in [-0.2, 0) is 9.33 Å². The first-order chi connectivity index (χ1) is 10.0. The molecule has 4 rings (SSSR count). The van der Waals surface area contributed by atoms with Gasteiger partial charge in [-0.25, -0.2) is 0 Å². The normalized spacial score (nSPS) is 12.4. The van der Waals surface area contributed by atoms with E-state index < -0.39 is 9.33 Å². The standard InChI is InChI=1S/C16H9ClO3S/c17-21(18,19)20-14-9-7-12-5-4-10-2-1-3-11-6-8-13(14)16(12)15(10)11/h1-9H. The minimum atomic E-state index is -4.07. The zero-order valence-electron chi connectivity index (χ0n) is 10.7. The molecule has 0 amide bonds. The highest BCUT2D eigenvalue weighted by Crippen LogP contribution is 2.38. The Hall–Kier alpha value is -2.04. The lowest BCUT2D eigenvalue weighted by Gasteiger charge is -2.12. The zero-order valence-corrected chi connectivity index (χ0v) is 12.3. The second kappa shape index (κ2) is 4.23. The Bertz CT molecular complexity index is 1070. The Balaban J connectivity index is 2.20. The molecule has 0 aliphatic rings. The molecule has 4 aromatic rings. The molecule has 0 aliphatic heterocycles. The quantitative estimate of drug-likeness (QED) is 0.405. The zero-order chi connectivity index (χ0) is 14.6. The topological polar surface area (TPSA) is 43.4 Å². The van der Waals surface area contributed by atoms with Crippen molar-refractivity contribution in [2.45, 2.75) is 0 Å². The summed E-state index contributed by atoms with van der Waals surface area (Å²) in [4.78, 5) is 0. The van der Waals surface area contributed by atoms with Crippen LogP contribution in [0, 0.1) is 0 Å². The molecule has 0 atom stereocenters. The smallest absolute Gasteiger partial charge is 0.370 e. The maximum absolute atomic E-state index is 11.2. The largest absolute Gasteiger partial charge is 0.401 e. The summed E-state index contributed by atoms with van der Waals surface area (Å²) in [6.07, 6.45) is 0. The summed E-state index contributed by atoms with van der Waals surface area (Å²) in [7, 11) is 1.13. The molecule has 0 heterocycles. The Morgan fingerprint density at radius 3 is 2.00 bits per heavy atom. The van der Waals surface area contributed by atoms with E-state index in [0.717, 1.165) is 32.3 Å². The molecule has 0 unspecified atom stereocenters. The van der Waals surface area contributed by atoms with E-state index >= 15 is 0 Å². The predicted molar refractivity (Wildman–Crippen MR) is 85.5 cm³/mol. The van der Waals surface area contributed by atoms with Crippen LogP contribution in [0.3, 0.4) is 0 Å². The number of benzene rings is 4. The fourth-order valence-corrected chi connectivity index (χ4v) is 3.45. The first kappa shape index (κ1) is 12.7. The van der Waals surface area contributed by atoms with Gasteiger partial charge in [-0.05, 0) is 33.7 Å². The molecule has 5 heteroatoms. The van der Waals surface area contributed by atoms with Gasteiger partial charge in [-0.2, -0.15) is 8.42 Å². The molecule has 21 heavy (non-hydrogen) atoms. The van der Waals surface area contributed by atoms with Gasteiger partial charge in [-0.15, -0.1) is 0 Å². The summed E-state index contributed by atoms with van der Waals surface area (Å²) >= 11 is 0. The van der Waals surface area contributed by atoms with Crippen molar-refractivity contribution in [1.29, 1.82) is 0 Å². The summed E-state index contributed by atoms with van der Waals surface area (Å²) < 4.78 is 27.3. The van der Waals surface area contributed by atoms with E-state index in [1.165, 1.54) is 0 Å². The molecule has 0 saturated heterocycles. The van der Waals surface area contributed by atoms with Gasteiger partial charge in [0.15, 0.2) is 5.75 Å². The second-order valence-corrected chi connectivity index (χ2v) is 6.98. The third kappa shape index (κ3) is 1.99. The van der Waals surface area contributed by atoms with Gasteiger partial charge in [-0.1, -0.05) is 42.5 Å². The molecule has 4 aromatic carbocycles. The van der Waals surface area contributed by atoms with Crippen LogP contribution in [0.2, 0.25) is 0 Å². The van der Waals surface area contributed by atoms with E-state index in [4.69, 9.17) is 14.9 Å². The molecule has 0 radical (unpaired) electrons. The molecule has 104 valence electrons. The highest BCUT2D eigenvalue weighted by Gasteiger charge is 2.14. The molecule has 0 saturated carbocycles. The SMILES string of the molecule is O=S(=O)(Cl)Oc1ccc2ccc3cccc4ccc1c2c34. The lowest BCUT2D eigenvalue weighted by Crippen LogP contribution is -2.00. The third-order valence-electron chi connectivity index (χ3n) is 3.68. The Labute approximate surface area is 125 Å². The van der Waals surface area contributed by atoms with Gasteiger partial charge < -0.3 is 4.18 Å². The highest BCUT2D eigenvalue weighted by atomic mass is 35.7. The molecule has 0 fully saturated rings. The molecular weight excluding hydrogens is 308 g/mol. The average molecular weight is 317 g/mol. The fraction of sp³-hybridized carbons (Fsp3) is 0. The van der Waals surface area contributed by atoms with Crippen molar-refractivity contribution in [2.24, 2.45) is 0 Å². The van der Waals surface area contributed by atoms with Gasteiger partial charge in [0.1, 0.15) is 0 Å². The fourth-order valence-electron chi connectivity index (χ4n) is 2.89. The first-order valence-corrected chi connectivity index (χ1v) is 8.57. The summed E-state index contributed by atoms with van der Waals surface area (Å²) in [6.45, 7) is 0. The number of hydrogen-bond donors (Lipinski definition) is 0. The Morgan fingerprint density at radius 2 is 1.33 bits per heavy atom. The number of rotatable bonds is 2. The lowest BCUT2D eigenvalue weighted by atomic mass is 9.94. The summed E-state index contributed by atoms with van der Waals surface area (Å²) in [5.41, 5.74) is 0. The second-order valence-electron chi connectivity index (χ2n) is 4.90. The van der Waals surface area contributed by atoms with Crippen LogP contribution in [0.5, 0.6) is 5.75 Å². The van der Waals surface area contributed by atoms with E-state index in [1.54, 1.807) is 6.07 Å². The molecule has 0 bridgehead atoms. The van der Waals surface area contributed by atoms with Crippen LogP contribution in [0.4, 0.5) is 0 Å². The lowest BCUT2D eigenvalue weighted by molar-refractivity contribution is 0.506. The molecule has 0 N–H and O–H groups in total. The van der Waals surface area contributed by atoms with Gasteiger partial charge in [0, 0.05) is 10.8 Å². The van der Waals surface area contributed by atoms with Crippen LogP contribution >= 0.6 is 10.7 Å². The van der Waals surface area contributed by atoms with Crippen LogP contribution in [-0.4, -0.2) is 8.42 Å². The van der Waals surface area contributed by atoms with Crippen molar-refractivity contribution in [2.75, 3.05) is 0 Å². The minimum Gasteiger partial charge on any atom is -0.370 e. The van der Waals surface area contributed by atoms with Gasteiger partial charge in [0.05, 0.1) is 10.7 Å². The number of halogens is 1. The van der Waals surface area contributed by atoms with E-state index in [9.17, 15) is 8.42 Å². The Kier molecular flexibility index (Phi) is 2.55. The van der Waals surface area contributed by atoms with Gasteiger partial charge >= 0.3 is 9.33 Å². The van der Waals surface area contributed by atoms with Crippen molar-refractivity contribution >= 4 is 52.3 Å². The van der Waals surface area contributed by atoms with Gasteiger partial charge in [0.2, 0.25) is 0 Å². The van der Waals surface area contributed by atoms with Crippen molar-refractivity contribution in [3.63, 3.8) is 0 Å². The van der Waals surface area contributed by atoms with Crippen molar-refractivity contribution in [1.82, 2.24) is 0 Å². The summed E-state index contributed by atoms with van der Waals surface area (Å²) in [5.74, 6) is 0.246. The van der Waals surface area contributed by atoms with E-state index in [2.05, 4.69) is 6.07 Å². The van der Waals surface area contributed by atoms with Crippen molar-refractivity contribution in [3.05, 3.63) is 54.6 Å². The van der Waals surface area contributed by atoms with E-state index in [0.29, 0.717) is 0 Å². The van der Waals surface area contributed by atoms with Crippen LogP contribution in [0.25, 0.3) is 32.3 Å². The van der Waals surface area contributed by atoms with Gasteiger partial charge in [0.25, 0.3) is 0 Å². The van der Waals surface area contributed by atoms with Crippen molar-refractivity contribution < 1.29 is 12.6 Å². The molecule has 0 aliphatic carbocycles.